The predicted octanol–water partition coefficient (Wildman–Crippen LogP) is 4.70. The molecule has 4 aliphatic rings. The van der Waals surface area contributed by atoms with Gasteiger partial charge in [0.15, 0.2) is 11.5 Å². The average molecular weight is 435 g/mol. The van der Waals surface area contributed by atoms with E-state index >= 15 is 0 Å². The topological polar surface area (TPSA) is 34.2 Å². The number of hydrogen-bond donors (Lipinski definition) is 0. The van der Waals surface area contributed by atoms with Crippen LogP contribution < -0.4 is 9.47 Å². The number of nitrogens with zero attached hydrogens (tertiary/aromatic N) is 2. The summed E-state index contributed by atoms with van der Waals surface area (Å²) in [7, 11) is 0. The molecule has 6 heteroatoms. The molecule has 1 unspecified atom stereocenters. The first-order valence-corrected chi connectivity index (χ1v) is 12.3. The minimum absolute atomic E-state index is 0.286. The van der Waals surface area contributed by atoms with E-state index in [0.29, 0.717) is 6.10 Å². The van der Waals surface area contributed by atoms with Gasteiger partial charge in [-0.25, -0.2) is 0 Å². The lowest BCUT2D eigenvalue weighted by Gasteiger charge is -2.38. The maximum Gasteiger partial charge on any atom is 0.231 e. The molecule has 0 bridgehead atoms. The zero-order valence-electron chi connectivity index (χ0n) is 18.0. The molecule has 0 radical (unpaired) electrons. The van der Waals surface area contributed by atoms with Gasteiger partial charge in [-0.15, -0.1) is 0 Å². The van der Waals surface area contributed by atoms with Crippen molar-refractivity contribution in [1.29, 1.82) is 0 Å². The Balaban J connectivity index is 1.22. The summed E-state index contributed by atoms with van der Waals surface area (Å²) in [6.07, 6.45) is 11.0. The van der Waals surface area contributed by atoms with E-state index in [2.05, 4.69) is 15.9 Å². The summed E-state index contributed by atoms with van der Waals surface area (Å²) in [5.74, 6) is 2.34. The molecule has 0 aromatic heterocycles. The largest absolute Gasteiger partial charge is 0.454 e. The lowest BCUT2D eigenvalue weighted by Crippen LogP contribution is -2.43. The Morgan fingerprint density at radius 2 is 1.70 bits per heavy atom. The van der Waals surface area contributed by atoms with Crippen LogP contribution in [0.15, 0.2) is 12.1 Å². The summed E-state index contributed by atoms with van der Waals surface area (Å²) in [6.45, 7) is 6.70. The van der Waals surface area contributed by atoms with Crippen LogP contribution in [0.2, 0.25) is 5.02 Å². The predicted molar refractivity (Wildman–Crippen MR) is 118 cm³/mol. The Labute approximate surface area is 185 Å². The van der Waals surface area contributed by atoms with Crippen LogP contribution in [0.25, 0.3) is 0 Å². The molecule has 3 fully saturated rings. The van der Waals surface area contributed by atoms with E-state index in [-0.39, 0.29) is 6.79 Å². The highest BCUT2D eigenvalue weighted by molar-refractivity contribution is 6.31. The number of hydrogen-bond acceptors (Lipinski definition) is 5. The molecule has 166 valence electrons. The van der Waals surface area contributed by atoms with E-state index in [0.717, 1.165) is 60.3 Å². The molecular weight excluding hydrogens is 400 g/mol. The van der Waals surface area contributed by atoms with E-state index in [9.17, 15) is 0 Å². The molecule has 1 atom stereocenters. The SMILES string of the molecule is Clc1cc2c(cc1CN(CC1CCN(C3CCCC3)CC1)CC1CCCO1)OCO2. The monoisotopic (exact) mass is 434 g/mol. The Bertz CT molecular complexity index is 711. The number of fused-ring (bicyclic) bond motifs is 1. The normalized spacial score (nSPS) is 25.6. The maximum absolute atomic E-state index is 6.60. The van der Waals surface area contributed by atoms with Gasteiger partial charge in [0, 0.05) is 43.4 Å². The van der Waals surface area contributed by atoms with Crippen molar-refractivity contribution in [3.8, 4) is 11.5 Å². The molecular formula is C24H35ClN2O3. The Morgan fingerprint density at radius 1 is 0.933 bits per heavy atom. The number of rotatable bonds is 7. The third-order valence-electron chi connectivity index (χ3n) is 7.43. The first kappa shape index (κ1) is 20.9. The van der Waals surface area contributed by atoms with Gasteiger partial charge in [-0.05, 0) is 69.2 Å². The van der Waals surface area contributed by atoms with E-state index in [4.69, 9.17) is 25.8 Å². The molecule has 1 aliphatic carbocycles. The van der Waals surface area contributed by atoms with Crippen molar-refractivity contribution < 1.29 is 14.2 Å². The fourth-order valence-corrected chi connectivity index (χ4v) is 5.95. The van der Waals surface area contributed by atoms with Gasteiger partial charge in [0.1, 0.15) is 0 Å². The number of piperidine rings is 1. The van der Waals surface area contributed by atoms with E-state index in [1.807, 2.05) is 6.07 Å². The molecule has 1 saturated carbocycles. The number of likely N-dealkylation sites (tertiary alicyclic amines) is 1. The number of halogens is 1. The highest BCUT2D eigenvalue weighted by atomic mass is 35.5. The van der Waals surface area contributed by atoms with Crippen LogP contribution in [-0.4, -0.2) is 61.5 Å². The molecule has 3 aliphatic heterocycles. The smallest absolute Gasteiger partial charge is 0.231 e. The Morgan fingerprint density at radius 3 is 2.43 bits per heavy atom. The fraction of sp³-hybridized carbons (Fsp3) is 0.750. The second-order valence-electron chi connectivity index (χ2n) is 9.54. The van der Waals surface area contributed by atoms with Gasteiger partial charge in [0.25, 0.3) is 0 Å². The van der Waals surface area contributed by atoms with Crippen molar-refractivity contribution in [3.63, 3.8) is 0 Å². The second-order valence-corrected chi connectivity index (χ2v) is 9.95. The molecule has 5 rings (SSSR count). The summed E-state index contributed by atoms with van der Waals surface area (Å²) in [5, 5.41) is 0.771. The minimum atomic E-state index is 0.286. The van der Waals surface area contributed by atoms with Gasteiger partial charge in [-0.1, -0.05) is 24.4 Å². The lowest BCUT2D eigenvalue weighted by molar-refractivity contribution is 0.0540. The van der Waals surface area contributed by atoms with Gasteiger partial charge in [-0.3, -0.25) is 4.90 Å². The zero-order valence-corrected chi connectivity index (χ0v) is 18.7. The third-order valence-corrected chi connectivity index (χ3v) is 7.78. The molecule has 5 nitrogen and oxygen atoms in total. The molecule has 1 aromatic carbocycles. The minimum Gasteiger partial charge on any atom is -0.454 e. The molecule has 2 saturated heterocycles. The number of benzene rings is 1. The van der Waals surface area contributed by atoms with Crippen LogP contribution in [0.5, 0.6) is 11.5 Å². The standard InChI is InChI=1S/C24H35ClN2O3/c25-22-13-24-23(29-17-30-24)12-19(22)15-26(16-21-6-3-11-28-21)14-18-7-9-27(10-8-18)20-4-1-2-5-20/h12-13,18,20-21H,1-11,14-17H2. The van der Waals surface area contributed by atoms with Gasteiger partial charge in [0.2, 0.25) is 6.79 Å². The number of ether oxygens (including phenoxy) is 3. The first-order valence-electron chi connectivity index (χ1n) is 11.9. The molecule has 0 amide bonds. The van der Waals surface area contributed by atoms with Gasteiger partial charge >= 0.3 is 0 Å². The van der Waals surface area contributed by atoms with Crippen LogP contribution in [0.1, 0.15) is 56.9 Å². The summed E-state index contributed by atoms with van der Waals surface area (Å²) < 4.78 is 17.0. The third kappa shape index (κ3) is 4.90. The average Bonchev–Trinajstić information content (AvgIpc) is 3.52. The van der Waals surface area contributed by atoms with Crippen LogP contribution in [-0.2, 0) is 11.3 Å². The van der Waals surface area contributed by atoms with Crippen LogP contribution in [0.3, 0.4) is 0 Å². The van der Waals surface area contributed by atoms with Gasteiger partial charge < -0.3 is 19.1 Å². The van der Waals surface area contributed by atoms with Crippen molar-refractivity contribution in [2.75, 3.05) is 39.6 Å². The van der Waals surface area contributed by atoms with Crippen molar-refractivity contribution in [3.05, 3.63) is 22.7 Å². The van der Waals surface area contributed by atoms with Crippen LogP contribution in [0, 0.1) is 5.92 Å². The quantitative estimate of drug-likeness (QED) is 0.621. The fourth-order valence-electron chi connectivity index (χ4n) is 5.74. The maximum atomic E-state index is 6.60. The van der Waals surface area contributed by atoms with Gasteiger partial charge in [0.05, 0.1) is 6.10 Å². The van der Waals surface area contributed by atoms with E-state index in [1.54, 1.807) is 0 Å². The van der Waals surface area contributed by atoms with Crippen molar-refractivity contribution >= 4 is 11.6 Å². The molecule has 1 aromatic rings. The summed E-state index contributed by atoms with van der Waals surface area (Å²) in [6, 6.07) is 4.83. The summed E-state index contributed by atoms with van der Waals surface area (Å²) >= 11 is 6.60. The lowest BCUT2D eigenvalue weighted by atomic mass is 9.94. The Kier molecular flexibility index (Phi) is 6.71. The molecule has 0 spiro atoms. The molecule has 0 N–H and O–H groups in total. The highest BCUT2D eigenvalue weighted by Gasteiger charge is 2.29. The van der Waals surface area contributed by atoms with E-state index in [1.165, 1.54) is 64.5 Å². The Hall–Kier alpha value is -1.01. The summed E-state index contributed by atoms with van der Waals surface area (Å²) in [4.78, 5) is 5.35. The highest BCUT2D eigenvalue weighted by Crippen LogP contribution is 2.37. The molecule has 30 heavy (non-hydrogen) atoms. The van der Waals surface area contributed by atoms with Crippen molar-refractivity contribution in [2.24, 2.45) is 5.92 Å². The zero-order chi connectivity index (χ0) is 20.3. The molecule has 3 heterocycles. The van der Waals surface area contributed by atoms with Crippen molar-refractivity contribution in [2.45, 2.75) is 70.1 Å². The van der Waals surface area contributed by atoms with Gasteiger partial charge in [-0.2, -0.15) is 0 Å². The van der Waals surface area contributed by atoms with Crippen LogP contribution >= 0.6 is 11.6 Å². The van der Waals surface area contributed by atoms with E-state index < -0.39 is 0 Å². The summed E-state index contributed by atoms with van der Waals surface area (Å²) in [5.41, 5.74) is 1.13. The van der Waals surface area contributed by atoms with Crippen molar-refractivity contribution in [1.82, 2.24) is 9.80 Å². The second kappa shape index (κ2) is 9.64. The first-order chi connectivity index (χ1) is 14.7. The van der Waals surface area contributed by atoms with Crippen LogP contribution in [0.4, 0.5) is 0 Å².